The summed E-state index contributed by atoms with van der Waals surface area (Å²) in [6, 6.07) is 5.57. The van der Waals surface area contributed by atoms with Gasteiger partial charge in [-0.25, -0.2) is 8.42 Å². The maximum absolute atomic E-state index is 13.2. The molecule has 2 unspecified atom stereocenters. The van der Waals surface area contributed by atoms with Crippen molar-refractivity contribution in [3.8, 4) is 0 Å². The first kappa shape index (κ1) is 16.2. The molecule has 1 aromatic carbocycles. The van der Waals surface area contributed by atoms with Crippen molar-refractivity contribution in [2.45, 2.75) is 56.0 Å². The van der Waals surface area contributed by atoms with Crippen LogP contribution in [-0.4, -0.2) is 37.9 Å². The summed E-state index contributed by atoms with van der Waals surface area (Å²) in [5.74, 6) is 0. The molecule has 22 heavy (non-hydrogen) atoms. The lowest BCUT2D eigenvalue weighted by Gasteiger charge is -2.27. The zero-order valence-corrected chi connectivity index (χ0v) is 14.5. The van der Waals surface area contributed by atoms with E-state index in [1.807, 2.05) is 6.07 Å². The number of hydrogen-bond acceptors (Lipinski definition) is 3. The van der Waals surface area contributed by atoms with Crippen LogP contribution in [0.1, 0.15) is 38.2 Å². The van der Waals surface area contributed by atoms with Gasteiger partial charge < -0.3 is 5.32 Å². The Kier molecular flexibility index (Phi) is 4.78. The Morgan fingerprint density at radius 1 is 1.27 bits per heavy atom. The lowest BCUT2D eigenvalue weighted by molar-refractivity contribution is 0.334. The highest BCUT2D eigenvalue weighted by molar-refractivity contribution is 7.89. The zero-order valence-electron chi connectivity index (χ0n) is 12.9. The molecule has 0 aliphatic carbocycles. The van der Waals surface area contributed by atoms with Crippen molar-refractivity contribution >= 4 is 21.6 Å². The van der Waals surface area contributed by atoms with Crippen LogP contribution in [-0.2, 0) is 16.4 Å². The second-order valence-electron chi connectivity index (χ2n) is 6.23. The van der Waals surface area contributed by atoms with Gasteiger partial charge in [0, 0.05) is 18.6 Å². The molecule has 4 nitrogen and oxygen atoms in total. The maximum Gasteiger partial charge on any atom is 0.245 e. The van der Waals surface area contributed by atoms with Crippen LogP contribution in [0.25, 0.3) is 0 Å². The van der Waals surface area contributed by atoms with E-state index in [0.717, 1.165) is 50.8 Å². The predicted molar refractivity (Wildman–Crippen MR) is 88.8 cm³/mol. The van der Waals surface area contributed by atoms with E-state index in [1.54, 1.807) is 16.4 Å². The number of rotatable bonds is 4. The molecule has 6 heteroatoms. The third-order valence-electron chi connectivity index (χ3n) is 4.68. The normalized spacial score (nSPS) is 26.1. The van der Waals surface area contributed by atoms with Crippen LogP contribution in [0.2, 0.25) is 5.02 Å². The van der Waals surface area contributed by atoms with E-state index in [2.05, 4.69) is 12.2 Å². The second kappa shape index (κ2) is 6.48. The van der Waals surface area contributed by atoms with E-state index in [-0.39, 0.29) is 17.0 Å². The van der Waals surface area contributed by atoms with Crippen LogP contribution in [0.4, 0.5) is 0 Å². The second-order valence-corrected chi connectivity index (χ2v) is 8.45. The van der Waals surface area contributed by atoms with Crippen molar-refractivity contribution < 1.29 is 8.42 Å². The predicted octanol–water partition coefficient (Wildman–Crippen LogP) is 2.81. The Bertz CT molecular complexity index is 634. The summed E-state index contributed by atoms with van der Waals surface area (Å²) in [6.07, 6.45) is 4.62. The minimum Gasteiger partial charge on any atom is -0.315 e. The quantitative estimate of drug-likeness (QED) is 0.915. The Balaban J connectivity index is 2.00. The highest BCUT2D eigenvalue weighted by atomic mass is 35.5. The van der Waals surface area contributed by atoms with E-state index in [4.69, 9.17) is 11.6 Å². The molecular formula is C16H23ClN2O2S. The van der Waals surface area contributed by atoms with Crippen molar-refractivity contribution in [1.29, 1.82) is 0 Å². The van der Waals surface area contributed by atoms with Crippen molar-refractivity contribution in [1.82, 2.24) is 9.62 Å². The number of aryl methyl sites for hydroxylation is 1. The molecule has 3 rings (SSSR count). The fourth-order valence-electron chi connectivity index (χ4n) is 3.63. The van der Waals surface area contributed by atoms with E-state index in [0.29, 0.717) is 5.02 Å². The molecule has 0 aromatic heterocycles. The molecule has 122 valence electrons. The average molecular weight is 343 g/mol. The average Bonchev–Trinajstić information content (AvgIpc) is 2.75. The molecule has 0 saturated carbocycles. The van der Waals surface area contributed by atoms with Crippen LogP contribution < -0.4 is 5.32 Å². The molecule has 1 N–H and O–H groups in total. The van der Waals surface area contributed by atoms with Gasteiger partial charge in [-0.05, 0) is 49.9 Å². The molecule has 2 heterocycles. The van der Waals surface area contributed by atoms with Gasteiger partial charge in [0.15, 0.2) is 0 Å². The summed E-state index contributed by atoms with van der Waals surface area (Å²) in [4.78, 5) is 0.277. The van der Waals surface area contributed by atoms with Gasteiger partial charge >= 0.3 is 0 Å². The molecule has 2 saturated heterocycles. The van der Waals surface area contributed by atoms with Gasteiger partial charge in [0.25, 0.3) is 0 Å². The first-order valence-electron chi connectivity index (χ1n) is 8.06. The van der Waals surface area contributed by atoms with Gasteiger partial charge in [-0.3, -0.25) is 0 Å². The Morgan fingerprint density at radius 2 is 2.05 bits per heavy atom. The topological polar surface area (TPSA) is 49.4 Å². The van der Waals surface area contributed by atoms with E-state index in [9.17, 15) is 8.42 Å². The first-order valence-corrected chi connectivity index (χ1v) is 9.88. The summed E-state index contributed by atoms with van der Waals surface area (Å²) in [6.45, 7) is 3.71. The van der Waals surface area contributed by atoms with Crippen LogP contribution in [0.5, 0.6) is 0 Å². The van der Waals surface area contributed by atoms with Gasteiger partial charge in [0.2, 0.25) is 10.0 Å². The standard InChI is InChI=1S/C16H23ClN2O2S/c1-2-3-12-4-7-15(17)16(10-12)22(20,21)19-13-5-6-14(19)11-18-9-8-13/h4,7,10,13-14,18H,2-3,5-6,8-9,11H2,1H3. The Hall–Kier alpha value is -0.620. The smallest absolute Gasteiger partial charge is 0.245 e. The molecule has 2 aliphatic rings. The highest BCUT2D eigenvalue weighted by Crippen LogP contribution is 2.36. The Labute approximate surface area is 137 Å². The number of benzene rings is 1. The summed E-state index contributed by atoms with van der Waals surface area (Å²) in [5.41, 5.74) is 1.03. The third kappa shape index (κ3) is 2.92. The molecule has 0 radical (unpaired) electrons. The third-order valence-corrected chi connectivity index (χ3v) is 7.16. The van der Waals surface area contributed by atoms with Crippen LogP contribution in [0.3, 0.4) is 0 Å². The number of fused-ring (bicyclic) bond motifs is 2. The molecule has 2 aliphatic heterocycles. The molecule has 0 amide bonds. The molecule has 1 aromatic rings. The summed E-state index contributed by atoms with van der Waals surface area (Å²) in [5, 5.41) is 3.67. The monoisotopic (exact) mass is 342 g/mol. The van der Waals surface area contributed by atoms with Gasteiger partial charge in [0.05, 0.1) is 5.02 Å². The van der Waals surface area contributed by atoms with Crippen molar-refractivity contribution in [2.24, 2.45) is 0 Å². The van der Waals surface area contributed by atoms with E-state index >= 15 is 0 Å². The van der Waals surface area contributed by atoms with Gasteiger partial charge in [0.1, 0.15) is 4.90 Å². The highest BCUT2D eigenvalue weighted by Gasteiger charge is 2.43. The van der Waals surface area contributed by atoms with Crippen LogP contribution >= 0.6 is 11.6 Å². The van der Waals surface area contributed by atoms with Crippen LogP contribution in [0.15, 0.2) is 23.1 Å². The number of halogens is 1. The van der Waals surface area contributed by atoms with E-state index < -0.39 is 10.0 Å². The van der Waals surface area contributed by atoms with Crippen LogP contribution in [0, 0.1) is 0 Å². The van der Waals surface area contributed by atoms with Crippen molar-refractivity contribution in [3.05, 3.63) is 28.8 Å². The fourth-order valence-corrected chi connectivity index (χ4v) is 6.06. The summed E-state index contributed by atoms with van der Waals surface area (Å²) >= 11 is 6.24. The maximum atomic E-state index is 13.2. The minimum atomic E-state index is -3.53. The van der Waals surface area contributed by atoms with Crippen molar-refractivity contribution in [2.75, 3.05) is 13.1 Å². The van der Waals surface area contributed by atoms with Gasteiger partial charge in [-0.15, -0.1) is 0 Å². The number of sulfonamides is 1. The molecule has 2 fully saturated rings. The molecular weight excluding hydrogens is 320 g/mol. The SMILES string of the molecule is CCCc1ccc(Cl)c(S(=O)(=O)N2C3CCNCC2CC3)c1. The zero-order chi connectivity index (χ0) is 15.7. The van der Waals surface area contributed by atoms with Crippen molar-refractivity contribution in [3.63, 3.8) is 0 Å². The lowest BCUT2D eigenvalue weighted by atomic mass is 10.1. The number of hydrogen-bond donors (Lipinski definition) is 1. The largest absolute Gasteiger partial charge is 0.315 e. The summed E-state index contributed by atoms with van der Waals surface area (Å²) in [7, 11) is -3.53. The lowest BCUT2D eigenvalue weighted by Crippen LogP contribution is -2.42. The minimum absolute atomic E-state index is 0.0587. The Morgan fingerprint density at radius 3 is 2.82 bits per heavy atom. The molecule has 2 atom stereocenters. The molecule has 0 spiro atoms. The van der Waals surface area contributed by atoms with Gasteiger partial charge in [-0.1, -0.05) is 31.0 Å². The number of nitrogens with one attached hydrogen (secondary N) is 1. The first-order chi connectivity index (χ1) is 10.5. The molecule has 2 bridgehead atoms. The van der Waals surface area contributed by atoms with E-state index in [1.165, 1.54) is 0 Å². The fraction of sp³-hybridized carbons (Fsp3) is 0.625. The number of nitrogens with zero attached hydrogens (tertiary/aromatic N) is 1. The summed E-state index contributed by atoms with van der Waals surface area (Å²) < 4.78 is 28.1. The van der Waals surface area contributed by atoms with Gasteiger partial charge in [-0.2, -0.15) is 4.31 Å².